The number of halogens is 1. The summed E-state index contributed by atoms with van der Waals surface area (Å²) in [4.78, 5) is 13.6. The standard InChI is InChI=1S/C33H45ClO7/c1-5-15-36-21-29-22(4)31(38-16-6-2)33(39-17-7-3)32(41-29)24-10-13-28(34)27(19-24)30(35)23-8-11-25(12-9-23)40-26-14-18-37-20-26/h8-13,19,22,26,29,31-33H,5-7,14-18,20-21H2,1-4H3/t22-,26+,29-,31+,32+,33-/m1/s1. The van der Waals surface area contributed by atoms with Crippen molar-refractivity contribution in [2.24, 2.45) is 5.92 Å². The zero-order valence-corrected chi connectivity index (χ0v) is 25.6. The summed E-state index contributed by atoms with van der Waals surface area (Å²) < 4.78 is 36.8. The second-order valence-corrected chi connectivity index (χ2v) is 11.3. The Morgan fingerprint density at radius 1 is 0.951 bits per heavy atom. The molecule has 2 saturated heterocycles. The van der Waals surface area contributed by atoms with Crippen molar-refractivity contribution >= 4 is 17.4 Å². The number of benzene rings is 2. The lowest BCUT2D eigenvalue weighted by Crippen LogP contribution is -2.53. The van der Waals surface area contributed by atoms with E-state index in [9.17, 15) is 4.79 Å². The highest BCUT2D eigenvalue weighted by molar-refractivity contribution is 6.35. The first-order valence-corrected chi connectivity index (χ1v) is 15.5. The molecule has 0 aliphatic carbocycles. The quantitative estimate of drug-likeness (QED) is 0.167. The van der Waals surface area contributed by atoms with Crippen LogP contribution in [0, 0.1) is 5.92 Å². The molecule has 0 bridgehead atoms. The molecule has 6 atom stereocenters. The van der Waals surface area contributed by atoms with E-state index in [4.69, 9.17) is 40.0 Å². The minimum Gasteiger partial charge on any atom is -0.488 e. The molecule has 0 spiro atoms. The fourth-order valence-electron chi connectivity index (χ4n) is 5.35. The van der Waals surface area contributed by atoms with Gasteiger partial charge >= 0.3 is 0 Å². The van der Waals surface area contributed by atoms with E-state index in [1.54, 1.807) is 18.2 Å². The molecule has 0 aromatic heterocycles. The largest absolute Gasteiger partial charge is 0.488 e. The third-order valence-electron chi connectivity index (χ3n) is 7.58. The summed E-state index contributed by atoms with van der Waals surface area (Å²) in [5.74, 6) is 0.623. The first-order valence-electron chi connectivity index (χ1n) is 15.1. The van der Waals surface area contributed by atoms with Crippen molar-refractivity contribution in [3.63, 3.8) is 0 Å². The van der Waals surface area contributed by atoms with Crippen molar-refractivity contribution in [1.82, 2.24) is 0 Å². The van der Waals surface area contributed by atoms with Gasteiger partial charge in [-0.25, -0.2) is 0 Å². The Bertz CT molecular complexity index is 1090. The number of carbonyl (C=O) groups is 1. The fraction of sp³-hybridized carbons (Fsp3) is 0.606. The predicted molar refractivity (Wildman–Crippen MR) is 159 cm³/mol. The number of hydrogen-bond donors (Lipinski definition) is 0. The van der Waals surface area contributed by atoms with Crippen LogP contribution in [0.2, 0.25) is 5.02 Å². The molecule has 2 heterocycles. The molecule has 226 valence electrons. The molecule has 7 nitrogen and oxygen atoms in total. The van der Waals surface area contributed by atoms with Gasteiger partial charge in [0.15, 0.2) is 5.78 Å². The zero-order chi connectivity index (χ0) is 29.2. The lowest BCUT2D eigenvalue weighted by atomic mass is 9.85. The summed E-state index contributed by atoms with van der Waals surface area (Å²) in [5, 5.41) is 0.388. The van der Waals surface area contributed by atoms with Crippen molar-refractivity contribution in [1.29, 1.82) is 0 Å². The molecule has 2 aliphatic rings. The fourth-order valence-corrected chi connectivity index (χ4v) is 5.55. The predicted octanol–water partition coefficient (Wildman–Crippen LogP) is 6.83. The van der Waals surface area contributed by atoms with Gasteiger partial charge in [-0.15, -0.1) is 0 Å². The van der Waals surface area contributed by atoms with Crippen LogP contribution in [0.4, 0.5) is 0 Å². The monoisotopic (exact) mass is 588 g/mol. The van der Waals surface area contributed by atoms with Gasteiger partial charge in [-0.2, -0.15) is 0 Å². The molecule has 0 saturated carbocycles. The van der Waals surface area contributed by atoms with Crippen molar-refractivity contribution in [3.05, 3.63) is 64.2 Å². The molecular formula is C33H45ClO7. The summed E-state index contributed by atoms with van der Waals surface area (Å²) >= 11 is 6.60. The Kier molecular flexibility index (Phi) is 12.5. The number of carbonyl (C=O) groups excluding carboxylic acids is 1. The maximum Gasteiger partial charge on any atom is 0.194 e. The normalized spacial score (nSPS) is 26.3. The van der Waals surface area contributed by atoms with E-state index in [2.05, 4.69) is 27.7 Å². The Morgan fingerprint density at radius 3 is 2.32 bits per heavy atom. The highest BCUT2D eigenvalue weighted by Gasteiger charge is 2.46. The molecule has 8 heteroatoms. The molecule has 0 radical (unpaired) electrons. The average Bonchev–Trinajstić information content (AvgIpc) is 3.50. The van der Waals surface area contributed by atoms with E-state index < -0.39 is 6.10 Å². The van der Waals surface area contributed by atoms with Crippen LogP contribution in [0.5, 0.6) is 5.75 Å². The van der Waals surface area contributed by atoms with Gasteiger partial charge in [0.25, 0.3) is 0 Å². The second kappa shape index (κ2) is 16.0. The molecule has 0 amide bonds. The molecule has 4 rings (SSSR count). The lowest BCUT2D eigenvalue weighted by molar-refractivity contribution is -0.237. The van der Waals surface area contributed by atoms with Crippen molar-refractivity contribution in [3.8, 4) is 5.75 Å². The number of hydrogen-bond acceptors (Lipinski definition) is 7. The molecule has 2 aromatic carbocycles. The zero-order valence-electron chi connectivity index (χ0n) is 24.8. The van der Waals surface area contributed by atoms with E-state index >= 15 is 0 Å². The topological polar surface area (TPSA) is 72.5 Å². The van der Waals surface area contributed by atoms with Crippen LogP contribution in [0.25, 0.3) is 0 Å². The molecule has 41 heavy (non-hydrogen) atoms. The Hall–Kier alpha value is -2.00. The van der Waals surface area contributed by atoms with Gasteiger partial charge in [-0.3, -0.25) is 4.79 Å². The van der Waals surface area contributed by atoms with Crippen molar-refractivity contribution < 1.29 is 33.2 Å². The van der Waals surface area contributed by atoms with E-state index in [1.807, 2.05) is 24.3 Å². The Labute approximate surface area is 249 Å². The molecule has 2 aromatic rings. The van der Waals surface area contributed by atoms with E-state index in [-0.39, 0.29) is 36.1 Å². The van der Waals surface area contributed by atoms with Crippen molar-refractivity contribution in [2.45, 2.75) is 83.9 Å². The van der Waals surface area contributed by atoms with Gasteiger partial charge in [0.2, 0.25) is 0 Å². The summed E-state index contributed by atoms with van der Waals surface area (Å²) in [6.45, 7) is 12.1. The van der Waals surface area contributed by atoms with E-state index in [1.165, 1.54) is 0 Å². The van der Waals surface area contributed by atoms with Gasteiger partial charge in [-0.1, -0.05) is 45.4 Å². The molecule has 2 fully saturated rings. The summed E-state index contributed by atoms with van der Waals surface area (Å²) in [6.07, 6.45) is 2.50. The van der Waals surface area contributed by atoms with Gasteiger partial charge in [0.05, 0.1) is 37.1 Å². The highest BCUT2D eigenvalue weighted by Crippen LogP contribution is 2.40. The van der Waals surface area contributed by atoms with Gasteiger partial charge in [0, 0.05) is 43.3 Å². The maximum atomic E-state index is 13.6. The third kappa shape index (κ3) is 8.31. The van der Waals surface area contributed by atoms with Crippen LogP contribution in [0.1, 0.15) is 81.0 Å². The molecular weight excluding hydrogens is 544 g/mol. The Morgan fingerprint density at radius 2 is 1.66 bits per heavy atom. The number of rotatable bonds is 15. The van der Waals surface area contributed by atoms with Crippen LogP contribution >= 0.6 is 11.6 Å². The van der Waals surface area contributed by atoms with Gasteiger partial charge in [-0.05, 0) is 61.2 Å². The van der Waals surface area contributed by atoms with Crippen molar-refractivity contribution in [2.75, 3.05) is 39.6 Å². The van der Waals surface area contributed by atoms with Crippen LogP contribution in [-0.4, -0.2) is 69.8 Å². The summed E-state index contributed by atoms with van der Waals surface area (Å²) in [5.41, 5.74) is 1.78. The van der Waals surface area contributed by atoms with E-state index in [0.717, 1.165) is 31.2 Å². The average molecular weight is 589 g/mol. The van der Waals surface area contributed by atoms with Crippen LogP contribution < -0.4 is 4.74 Å². The summed E-state index contributed by atoms with van der Waals surface area (Å²) in [6, 6.07) is 12.7. The number of ketones is 1. The van der Waals surface area contributed by atoms with Crippen LogP contribution in [-0.2, 0) is 23.7 Å². The molecule has 0 unspecified atom stereocenters. The summed E-state index contributed by atoms with van der Waals surface area (Å²) in [7, 11) is 0. The minimum atomic E-state index is -0.442. The van der Waals surface area contributed by atoms with Gasteiger partial charge in [0.1, 0.15) is 24.1 Å². The van der Waals surface area contributed by atoms with Gasteiger partial charge < -0.3 is 28.4 Å². The highest BCUT2D eigenvalue weighted by atomic mass is 35.5. The van der Waals surface area contributed by atoms with E-state index in [0.29, 0.717) is 61.5 Å². The first-order chi connectivity index (χ1) is 20.0. The first kappa shape index (κ1) is 31.9. The minimum absolute atomic E-state index is 0.0464. The maximum absolute atomic E-state index is 13.6. The second-order valence-electron chi connectivity index (χ2n) is 10.9. The molecule has 2 aliphatic heterocycles. The Balaban J connectivity index is 1.60. The molecule has 0 N–H and O–H groups in total. The third-order valence-corrected chi connectivity index (χ3v) is 7.91. The lowest BCUT2D eigenvalue weighted by Gasteiger charge is -2.45. The SMILES string of the molecule is CCCOC[C@H]1O[C@@H](c2ccc(Cl)c(C(=O)c3ccc(O[C@H]4CCOC4)cc3)c2)[C@H](OCCC)[C@@H](OCCC)[C@@H]1C. The number of ether oxygens (including phenoxy) is 6. The smallest absolute Gasteiger partial charge is 0.194 e. The van der Waals surface area contributed by atoms with Crippen LogP contribution in [0.3, 0.4) is 0 Å². The van der Waals surface area contributed by atoms with Crippen LogP contribution in [0.15, 0.2) is 42.5 Å².